The van der Waals surface area contributed by atoms with E-state index in [0.717, 1.165) is 0 Å². The fourth-order valence-corrected chi connectivity index (χ4v) is 11.9. The van der Waals surface area contributed by atoms with Crippen LogP contribution in [0.4, 0.5) is 0 Å². The lowest BCUT2D eigenvalue weighted by atomic mass is 9.68. The van der Waals surface area contributed by atoms with E-state index in [1.54, 1.807) is 0 Å². The minimum absolute atomic E-state index is 0.137. The van der Waals surface area contributed by atoms with Gasteiger partial charge < -0.3 is 9.47 Å². The lowest BCUT2D eigenvalue weighted by Gasteiger charge is -2.45. The van der Waals surface area contributed by atoms with Crippen LogP contribution >= 0.6 is 7.92 Å². The largest absolute Gasteiger partial charge is 0.420 e. The maximum absolute atomic E-state index is 7.67. The molecule has 0 N–H and O–H groups in total. The molecule has 5 aromatic carbocycles. The minimum atomic E-state index is -0.608. The van der Waals surface area contributed by atoms with Crippen molar-refractivity contribution in [1.29, 1.82) is 0 Å². The first-order valence-corrected chi connectivity index (χ1v) is 18.5. The Hall–Kier alpha value is -3.49. The molecule has 5 aromatic rings. The quantitative estimate of drug-likeness (QED) is 0.121. The Morgan fingerprint density at radius 2 is 1.09 bits per heavy atom. The molecule has 1 saturated heterocycles. The highest BCUT2D eigenvalue weighted by Gasteiger charge is 2.60. The molecular formula is C42H45BNOP. The van der Waals surface area contributed by atoms with Gasteiger partial charge in [0.15, 0.2) is 0 Å². The predicted molar refractivity (Wildman–Crippen MR) is 197 cm³/mol. The van der Waals surface area contributed by atoms with Gasteiger partial charge in [0.1, 0.15) is 5.60 Å². The van der Waals surface area contributed by atoms with Crippen molar-refractivity contribution in [2.24, 2.45) is 11.8 Å². The molecule has 2 fully saturated rings. The van der Waals surface area contributed by atoms with Crippen LogP contribution in [0.15, 0.2) is 152 Å². The SMILES string of the molecule is CC(C)[C@@H]1N([C@H](C)[C@@H]2CCCC2P(c2ccccc2)c2ccccc2)B(c2ccccc2)OC1(c1ccccc1)c1ccccc1. The molecule has 46 heavy (non-hydrogen) atoms. The van der Waals surface area contributed by atoms with Gasteiger partial charge in [-0.1, -0.05) is 179 Å². The van der Waals surface area contributed by atoms with Gasteiger partial charge in [0.2, 0.25) is 0 Å². The molecular weight excluding hydrogens is 576 g/mol. The van der Waals surface area contributed by atoms with E-state index < -0.39 is 13.5 Å². The monoisotopic (exact) mass is 621 g/mol. The van der Waals surface area contributed by atoms with Crippen LogP contribution < -0.4 is 16.1 Å². The fourth-order valence-electron chi connectivity index (χ4n) is 8.60. The van der Waals surface area contributed by atoms with E-state index in [9.17, 15) is 0 Å². The molecule has 0 amide bonds. The van der Waals surface area contributed by atoms with Crippen LogP contribution in [0.2, 0.25) is 0 Å². The highest BCUT2D eigenvalue weighted by atomic mass is 31.1. The first-order valence-electron chi connectivity index (χ1n) is 17.1. The van der Waals surface area contributed by atoms with Crippen LogP contribution in [0.5, 0.6) is 0 Å². The van der Waals surface area contributed by atoms with Gasteiger partial charge in [-0.15, -0.1) is 0 Å². The minimum Gasteiger partial charge on any atom is -0.402 e. The third kappa shape index (κ3) is 5.68. The molecule has 1 aliphatic carbocycles. The summed E-state index contributed by atoms with van der Waals surface area (Å²) < 4.78 is 7.67. The summed E-state index contributed by atoms with van der Waals surface area (Å²) in [5, 5.41) is 2.99. The lowest BCUT2D eigenvalue weighted by molar-refractivity contribution is 0.0596. The van der Waals surface area contributed by atoms with Gasteiger partial charge in [-0.05, 0) is 65.5 Å². The molecule has 0 radical (unpaired) electrons. The van der Waals surface area contributed by atoms with Crippen molar-refractivity contribution in [2.75, 3.05) is 0 Å². The van der Waals surface area contributed by atoms with Gasteiger partial charge in [-0.2, -0.15) is 0 Å². The first-order chi connectivity index (χ1) is 22.6. The van der Waals surface area contributed by atoms with Gasteiger partial charge in [0, 0.05) is 12.1 Å². The Morgan fingerprint density at radius 1 is 0.630 bits per heavy atom. The number of nitrogens with zero attached hydrogens (tertiary/aromatic N) is 1. The van der Waals surface area contributed by atoms with Crippen LogP contribution in [0.1, 0.15) is 51.2 Å². The summed E-state index contributed by atoms with van der Waals surface area (Å²) in [5.41, 5.74) is 3.69. The summed E-state index contributed by atoms with van der Waals surface area (Å²) in [6, 6.07) is 56.2. The van der Waals surface area contributed by atoms with Crippen LogP contribution in [-0.4, -0.2) is 29.6 Å². The molecule has 4 atom stereocenters. The van der Waals surface area contributed by atoms with Crippen molar-refractivity contribution < 1.29 is 4.65 Å². The van der Waals surface area contributed by atoms with Gasteiger partial charge >= 0.3 is 7.05 Å². The smallest absolute Gasteiger partial charge is 0.402 e. The number of benzene rings is 5. The Morgan fingerprint density at radius 3 is 1.57 bits per heavy atom. The Bertz CT molecular complexity index is 1590. The van der Waals surface area contributed by atoms with E-state index in [2.05, 4.69) is 177 Å². The zero-order chi connectivity index (χ0) is 31.5. The molecule has 1 aliphatic heterocycles. The average molecular weight is 622 g/mol. The molecule has 1 saturated carbocycles. The molecule has 0 spiro atoms. The van der Waals surface area contributed by atoms with Crippen molar-refractivity contribution >= 4 is 31.0 Å². The van der Waals surface area contributed by atoms with Crippen LogP contribution in [0.25, 0.3) is 0 Å². The number of hydrogen-bond acceptors (Lipinski definition) is 2. The molecule has 0 bridgehead atoms. The fraction of sp³-hybridized carbons (Fsp3) is 0.286. The second kappa shape index (κ2) is 13.7. The topological polar surface area (TPSA) is 12.5 Å². The predicted octanol–water partition coefficient (Wildman–Crippen LogP) is 8.37. The highest BCUT2D eigenvalue weighted by molar-refractivity contribution is 7.73. The van der Waals surface area contributed by atoms with Gasteiger partial charge in [0.05, 0.1) is 0 Å². The molecule has 2 aliphatic rings. The van der Waals surface area contributed by atoms with E-state index >= 15 is 0 Å². The van der Waals surface area contributed by atoms with Crippen molar-refractivity contribution in [2.45, 2.75) is 63.4 Å². The zero-order valence-electron chi connectivity index (χ0n) is 27.3. The summed E-state index contributed by atoms with van der Waals surface area (Å²) >= 11 is 0. The third-order valence-electron chi connectivity index (χ3n) is 10.4. The van der Waals surface area contributed by atoms with E-state index in [4.69, 9.17) is 4.65 Å². The van der Waals surface area contributed by atoms with E-state index in [1.165, 1.54) is 46.5 Å². The summed E-state index contributed by atoms with van der Waals surface area (Å²) in [7, 11) is -0.677. The zero-order valence-corrected chi connectivity index (χ0v) is 28.2. The highest BCUT2D eigenvalue weighted by Crippen LogP contribution is 2.54. The van der Waals surface area contributed by atoms with Crippen molar-refractivity contribution in [3.63, 3.8) is 0 Å². The third-order valence-corrected chi connectivity index (χ3v) is 13.5. The maximum Gasteiger partial charge on any atom is 0.420 e. The number of rotatable bonds is 9. The normalized spacial score (nSPS) is 22.0. The van der Waals surface area contributed by atoms with Crippen LogP contribution in [0.3, 0.4) is 0 Å². The van der Waals surface area contributed by atoms with E-state index in [1.807, 2.05) is 0 Å². The Kier molecular flexibility index (Phi) is 9.28. The lowest BCUT2D eigenvalue weighted by Crippen LogP contribution is -2.57. The molecule has 1 heterocycles. The van der Waals surface area contributed by atoms with Crippen LogP contribution in [0, 0.1) is 11.8 Å². The second-order valence-electron chi connectivity index (χ2n) is 13.4. The van der Waals surface area contributed by atoms with Gasteiger partial charge in [0.25, 0.3) is 0 Å². The standard InChI is InChI=1S/C42H45BNOP/c1-32(2)41-42(34-20-9-4-10-21-34,35-22-11-5-12-23-35)45-43(36-24-13-6-14-25-36)44(41)33(3)39-30-19-31-40(39)46(37-26-15-7-16-27-37)38-28-17-8-18-29-38/h4-18,20-29,32-33,39-41H,19,30-31H2,1-3H3/t33-,39+,40?,41+/m1/s1. The number of hydrogen-bond donors (Lipinski definition) is 0. The molecule has 2 nitrogen and oxygen atoms in total. The second-order valence-corrected chi connectivity index (χ2v) is 15.9. The molecule has 4 heteroatoms. The van der Waals surface area contributed by atoms with Crippen molar-refractivity contribution in [1.82, 2.24) is 4.81 Å². The maximum atomic E-state index is 7.67. The Balaban J connectivity index is 1.38. The molecule has 7 rings (SSSR count). The van der Waals surface area contributed by atoms with Crippen LogP contribution in [-0.2, 0) is 10.3 Å². The summed E-state index contributed by atoms with van der Waals surface area (Å²) in [6.45, 7) is 7.32. The van der Waals surface area contributed by atoms with Gasteiger partial charge in [-0.3, -0.25) is 0 Å². The molecule has 232 valence electrons. The summed E-state index contributed by atoms with van der Waals surface area (Å²) in [4.78, 5) is 2.81. The van der Waals surface area contributed by atoms with Gasteiger partial charge in [-0.25, -0.2) is 0 Å². The van der Waals surface area contributed by atoms with E-state index in [0.29, 0.717) is 23.5 Å². The summed E-state index contributed by atoms with van der Waals surface area (Å²) in [6.07, 6.45) is 3.79. The van der Waals surface area contributed by atoms with E-state index in [-0.39, 0.29) is 13.1 Å². The molecule has 1 unspecified atom stereocenters. The Labute approximate surface area is 277 Å². The summed E-state index contributed by atoms with van der Waals surface area (Å²) in [5.74, 6) is 0.895. The first kappa shape index (κ1) is 31.1. The van der Waals surface area contributed by atoms with Crippen molar-refractivity contribution in [3.05, 3.63) is 163 Å². The molecule has 0 aromatic heterocycles. The van der Waals surface area contributed by atoms with Crippen molar-refractivity contribution in [3.8, 4) is 0 Å². The average Bonchev–Trinajstić information content (AvgIpc) is 3.75.